The molecule has 0 unspecified atom stereocenters. The molecule has 0 radical (unpaired) electrons. The van der Waals surface area contributed by atoms with Crippen LogP contribution in [-0.2, 0) is 13.0 Å². The average Bonchev–Trinajstić information content (AvgIpc) is 3.29. The molecule has 1 aromatic carbocycles. The lowest BCUT2D eigenvalue weighted by Crippen LogP contribution is -2.36. The Morgan fingerprint density at radius 1 is 1.17 bits per heavy atom. The third kappa shape index (κ3) is 3.16. The summed E-state index contributed by atoms with van der Waals surface area (Å²) in [4.78, 5) is 26.7. The minimum atomic E-state index is -0.0281. The van der Waals surface area contributed by atoms with Gasteiger partial charge in [0.15, 0.2) is 0 Å². The van der Waals surface area contributed by atoms with Crippen LogP contribution in [0.2, 0.25) is 0 Å². The zero-order valence-electron chi connectivity index (χ0n) is 15.9. The summed E-state index contributed by atoms with van der Waals surface area (Å²) in [5.41, 5.74) is 2.61. The number of hydrogen-bond acceptors (Lipinski definition) is 5. The molecule has 6 rings (SSSR count). The van der Waals surface area contributed by atoms with Crippen LogP contribution < -0.4 is 5.56 Å². The highest BCUT2D eigenvalue weighted by Crippen LogP contribution is 2.48. The zero-order chi connectivity index (χ0) is 19.4. The molecule has 2 aliphatic rings. The first-order valence-corrected chi connectivity index (χ1v) is 11.8. The van der Waals surface area contributed by atoms with E-state index in [9.17, 15) is 4.79 Å². The lowest BCUT2D eigenvalue weighted by molar-refractivity contribution is 0.154. The summed E-state index contributed by atoms with van der Waals surface area (Å²) in [6, 6.07) is 15.0. The van der Waals surface area contributed by atoms with Crippen LogP contribution in [0.25, 0.3) is 20.7 Å². The SMILES string of the molecule is O=c1[nH]c(CN2CCc3sccc3[C@@H]2C2CC2)nc2sc(-c3ccccc3)cc12. The Bertz CT molecular complexity index is 1240. The van der Waals surface area contributed by atoms with E-state index in [0.717, 1.165) is 40.0 Å². The number of fused-ring (bicyclic) bond motifs is 2. The fourth-order valence-corrected chi connectivity index (χ4v) is 6.50. The first-order valence-electron chi connectivity index (χ1n) is 10.1. The molecule has 1 N–H and O–H groups in total. The van der Waals surface area contributed by atoms with Gasteiger partial charge in [-0.3, -0.25) is 9.69 Å². The summed E-state index contributed by atoms with van der Waals surface area (Å²) in [5, 5.41) is 2.92. The second kappa shape index (κ2) is 6.90. The third-order valence-corrected chi connectivity index (χ3v) is 8.12. The number of aromatic amines is 1. The molecular formula is C23H21N3OS2. The van der Waals surface area contributed by atoms with Gasteiger partial charge in [0.1, 0.15) is 10.7 Å². The molecule has 0 spiro atoms. The summed E-state index contributed by atoms with van der Waals surface area (Å²) in [6.45, 7) is 1.75. The molecule has 4 aromatic rings. The Hall–Kier alpha value is -2.28. The number of rotatable bonds is 4. The van der Waals surface area contributed by atoms with Gasteiger partial charge in [0.25, 0.3) is 5.56 Å². The van der Waals surface area contributed by atoms with Gasteiger partial charge >= 0.3 is 0 Å². The van der Waals surface area contributed by atoms with Crippen LogP contribution in [0.1, 0.15) is 35.1 Å². The second-order valence-electron chi connectivity index (χ2n) is 8.01. The third-order valence-electron chi connectivity index (χ3n) is 6.05. The largest absolute Gasteiger partial charge is 0.309 e. The molecule has 146 valence electrons. The molecule has 3 aromatic heterocycles. The number of benzene rings is 1. The van der Waals surface area contributed by atoms with E-state index in [2.05, 4.69) is 33.5 Å². The van der Waals surface area contributed by atoms with Crippen molar-refractivity contribution in [1.82, 2.24) is 14.9 Å². The summed E-state index contributed by atoms with van der Waals surface area (Å²) in [6.07, 6.45) is 3.72. The van der Waals surface area contributed by atoms with Gasteiger partial charge in [-0.25, -0.2) is 4.98 Å². The summed E-state index contributed by atoms with van der Waals surface area (Å²) in [7, 11) is 0. The lowest BCUT2D eigenvalue weighted by atomic mass is 9.96. The number of nitrogens with zero attached hydrogens (tertiary/aromatic N) is 2. The second-order valence-corrected chi connectivity index (χ2v) is 10.0. The smallest absolute Gasteiger partial charge is 0.259 e. The molecule has 0 amide bonds. The Labute approximate surface area is 176 Å². The van der Waals surface area contributed by atoms with Crippen LogP contribution in [0.5, 0.6) is 0 Å². The Morgan fingerprint density at radius 2 is 2.03 bits per heavy atom. The molecule has 1 fully saturated rings. The molecule has 1 aliphatic carbocycles. The number of nitrogens with one attached hydrogen (secondary N) is 1. The van der Waals surface area contributed by atoms with E-state index in [1.54, 1.807) is 16.2 Å². The minimum Gasteiger partial charge on any atom is -0.309 e. The highest BCUT2D eigenvalue weighted by atomic mass is 32.1. The first kappa shape index (κ1) is 17.6. The Balaban J connectivity index is 1.34. The van der Waals surface area contributed by atoms with Gasteiger partial charge in [0.2, 0.25) is 0 Å². The summed E-state index contributed by atoms with van der Waals surface area (Å²) < 4.78 is 0. The van der Waals surface area contributed by atoms with Gasteiger partial charge in [-0.15, -0.1) is 22.7 Å². The van der Waals surface area contributed by atoms with E-state index < -0.39 is 0 Å². The molecule has 0 saturated heterocycles. The highest BCUT2D eigenvalue weighted by molar-refractivity contribution is 7.21. The molecular weight excluding hydrogens is 398 g/mol. The highest BCUT2D eigenvalue weighted by Gasteiger charge is 2.40. The van der Waals surface area contributed by atoms with Crippen molar-refractivity contribution in [1.29, 1.82) is 0 Å². The van der Waals surface area contributed by atoms with Gasteiger partial charge < -0.3 is 4.98 Å². The van der Waals surface area contributed by atoms with E-state index in [1.165, 1.54) is 18.4 Å². The van der Waals surface area contributed by atoms with Crippen LogP contribution >= 0.6 is 22.7 Å². The molecule has 1 saturated carbocycles. The number of aromatic nitrogens is 2. The Morgan fingerprint density at radius 3 is 2.86 bits per heavy atom. The van der Waals surface area contributed by atoms with Crippen LogP contribution in [0.4, 0.5) is 0 Å². The van der Waals surface area contributed by atoms with Crippen LogP contribution in [0.3, 0.4) is 0 Å². The normalized spacial score (nSPS) is 19.5. The van der Waals surface area contributed by atoms with Gasteiger partial charge in [0.05, 0.1) is 11.9 Å². The maximum Gasteiger partial charge on any atom is 0.259 e. The fraction of sp³-hybridized carbons (Fsp3) is 0.304. The zero-order valence-corrected chi connectivity index (χ0v) is 17.6. The monoisotopic (exact) mass is 419 g/mol. The molecule has 0 bridgehead atoms. The van der Waals surface area contributed by atoms with Crippen molar-refractivity contribution in [2.24, 2.45) is 5.92 Å². The summed E-state index contributed by atoms with van der Waals surface area (Å²) in [5.74, 6) is 1.54. The van der Waals surface area contributed by atoms with Crippen LogP contribution in [0, 0.1) is 5.92 Å². The van der Waals surface area contributed by atoms with Crippen molar-refractivity contribution < 1.29 is 0 Å². The molecule has 4 nitrogen and oxygen atoms in total. The standard InChI is InChI=1S/C23H21N3OS2/c27-22-17-12-19(14-4-2-1-3-5-14)29-23(17)25-20(24-22)13-26-10-8-18-16(9-11-28-18)21(26)15-6-7-15/h1-5,9,11-12,15,21H,6-8,10,13H2,(H,24,25,27)/t21-/m0/s1. The van der Waals surface area contributed by atoms with Crippen molar-refractivity contribution in [3.8, 4) is 10.4 Å². The minimum absolute atomic E-state index is 0.0281. The van der Waals surface area contributed by atoms with Gasteiger partial charge in [0, 0.05) is 22.3 Å². The van der Waals surface area contributed by atoms with Gasteiger partial charge in [-0.2, -0.15) is 0 Å². The molecule has 1 atom stereocenters. The van der Waals surface area contributed by atoms with Gasteiger partial charge in [-0.1, -0.05) is 30.3 Å². The van der Waals surface area contributed by atoms with Crippen LogP contribution in [-0.4, -0.2) is 21.4 Å². The van der Waals surface area contributed by atoms with Crippen LogP contribution in [0.15, 0.2) is 52.6 Å². The number of hydrogen-bond donors (Lipinski definition) is 1. The topological polar surface area (TPSA) is 49.0 Å². The summed E-state index contributed by atoms with van der Waals surface area (Å²) >= 11 is 3.49. The number of thiophene rings is 2. The molecule has 29 heavy (non-hydrogen) atoms. The van der Waals surface area contributed by atoms with E-state index in [4.69, 9.17) is 4.98 Å². The predicted molar refractivity (Wildman–Crippen MR) is 120 cm³/mol. The fourth-order valence-electron chi connectivity index (χ4n) is 4.53. The van der Waals surface area contributed by atoms with E-state index in [0.29, 0.717) is 18.0 Å². The maximum absolute atomic E-state index is 12.8. The molecule has 4 heterocycles. The van der Waals surface area contributed by atoms with Crippen molar-refractivity contribution in [2.45, 2.75) is 31.8 Å². The number of H-pyrrole nitrogens is 1. The average molecular weight is 420 g/mol. The van der Waals surface area contributed by atoms with Gasteiger partial charge in [-0.05, 0) is 53.8 Å². The van der Waals surface area contributed by atoms with Crippen molar-refractivity contribution in [2.75, 3.05) is 6.54 Å². The van der Waals surface area contributed by atoms with Crippen molar-refractivity contribution in [3.05, 3.63) is 74.5 Å². The van der Waals surface area contributed by atoms with E-state index in [-0.39, 0.29) is 5.56 Å². The predicted octanol–water partition coefficient (Wildman–Crippen LogP) is 5.22. The molecule has 1 aliphatic heterocycles. The van der Waals surface area contributed by atoms with Crippen molar-refractivity contribution in [3.63, 3.8) is 0 Å². The molecule has 6 heteroatoms. The van der Waals surface area contributed by atoms with Crippen molar-refractivity contribution >= 4 is 32.9 Å². The maximum atomic E-state index is 12.8. The van der Waals surface area contributed by atoms with E-state index in [1.807, 2.05) is 35.6 Å². The first-order chi connectivity index (χ1) is 14.3. The lowest BCUT2D eigenvalue weighted by Gasteiger charge is -2.35. The van der Waals surface area contributed by atoms with E-state index >= 15 is 0 Å². The quantitative estimate of drug-likeness (QED) is 0.493. The Kier molecular flexibility index (Phi) is 4.18.